The van der Waals surface area contributed by atoms with Crippen molar-refractivity contribution >= 4 is 11.0 Å². The summed E-state index contributed by atoms with van der Waals surface area (Å²) in [6, 6.07) is 8.03. The Labute approximate surface area is 88.4 Å². The lowest BCUT2D eigenvalue weighted by atomic mass is 9.80. The summed E-state index contributed by atoms with van der Waals surface area (Å²) in [5.74, 6) is 0. The molecule has 1 aliphatic rings. The summed E-state index contributed by atoms with van der Waals surface area (Å²) in [6.07, 6.45) is 4.79. The molecule has 1 N–H and O–H groups in total. The highest BCUT2D eigenvalue weighted by Gasteiger charge is 2.34. The molecule has 1 heterocycles. The average molecular weight is 202 g/mol. The Bertz CT molecular complexity index is 485. The fourth-order valence-corrected chi connectivity index (χ4v) is 2.20. The number of fused-ring (bicyclic) bond motifs is 1. The summed E-state index contributed by atoms with van der Waals surface area (Å²) in [6.45, 7) is 0.674. The minimum Gasteiger partial charge on any atom is -0.388 e. The van der Waals surface area contributed by atoms with Gasteiger partial charge < -0.3 is 9.67 Å². The van der Waals surface area contributed by atoms with Gasteiger partial charge in [-0.2, -0.15) is 0 Å². The smallest absolute Gasteiger partial charge is 0.0959 e. The van der Waals surface area contributed by atoms with Gasteiger partial charge in [0.1, 0.15) is 0 Å². The van der Waals surface area contributed by atoms with Crippen LogP contribution in [0.15, 0.2) is 30.6 Å². The van der Waals surface area contributed by atoms with Gasteiger partial charge in [-0.25, -0.2) is 4.98 Å². The van der Waals surface area contributed by atoms with Crippen LogP contribution in [0.25, 0.3) is 11.0 Å². The minimum absolute atomic E-state index is 0.483. The Morgan fingerprint density at radius 2 is 2.13 bits per heavy atom. The lowest BCUT2D eigenvalue weighted by molar-refractivity contribution is -0.0464. The summed E-state index contributed by atoms with van der Waals surface area (Å²) in [7, 11) is 0. The first-order chi connectivity index (χ1) is 7.27. The minimum atomic E-state index is -0.483. The topological polar surface area (TPSA) is 38.0 Å². The third-order valence-electron chi connectivity index (χ3n) is 3.28. The van der Waals surface area contributed by atoms with E-state index in [2.05, 4.69) is 9.55 Å². The van der Waals surface area contributed by atoms with E-state index in [1.807, 2.05) is 30.6 Å². The second-order valence-corrected chi connectivity index (χ2v) is 4.44. The Balaban J connectivity index is 1.97. The SMILES string of the molecule is OC1(Cn2cnc3ccccc32)CCC1. The van der Waals surface area contributed by atoms with Gasteiger partial charge >= 0.3 is 0 Å². The van der Waals surface area contributed by atoms with Crippen LogP contribution in [0.2, 0.25) is 0 Å². The van der Waals surface area contributed by atoms with Gasteiger partial charge in [-0.3, -0.25) is 0 Å². The molecule has 3 nitrogen and oxygen atoms in total. The fourth-order valence-electron chi connectivity index (χ4n) is 2.20. The van der Waals surface area contributed by atoms with Gasteiger partial charge in [0.05, 0.1) is 29.5 Å². The third-order valence-corrected chi connectivity index (χ3v) is 3.28. The van der Waals surface area contributed by atoms with E-state index in [4.69, 9.17) is 0 Å². The molecule has 2 aromatic rings. The lowest BCUT2D eigenvalue weighted by Crippen LogP contribution is -2.40. The van der Waals surface area contributed by atoms with Crippen LogP contribution in [0.1, 0.15) is 19.3 Å². The first-order valence-electron chi connectivity index (χ1n) is 5.39. The van der Waals surface area contributed by atoms with Gasteiger partial charge in [-0.15, -0.1) is 0 Å². The van der Waals surface area contributed by atoms with Gasteiger partial charge in [0, 0.05) is 0 Å². The Morgan fingerprint density at radius 3 is 2.87 bits per heavy atom. The molecule has 0 saturated heterocycles. The zero-order chi connectivity index (χ0) is 10.3. The molecular weight excluding hydrogens is 188 g/mol. The summed E-state index contributed by atoms with van der Waals surface area (Å²) in [4.78, 5) is 4.31. The summed E-state index contributed by atoms with van der Waals surface area (Å²) < 4.78 is 2.05. The second kappa shape index (κ2) is 3.07. The van der Waals surface area contributed by atoms with Crippen molar-refractivity contribution in [1.82, 2.24) is 9.55 Å². The predicted octanol–water partition coefficient (Wildman–Crippen LogP) is 1.95. The van der Waals surface area contributed by atoms with Crippen LogP contribution in [0, 0.1) is 0 Å². The van der Waals surface area contributed by atoms with Gasteiger partial charge in [0.25, 0.3) is 0 Å². The van der Waals surface area contributed by atoms with Gasteiger partial charge in [0.2, 0.25) is 0 Å². The number of hydrogen-bond acceptors (Lipinski definition) is 2. The zero-order valence-corrected chi connectivity index (χ0v) is 8.56. The number of benzene rings is 1. The average Bonchev–Trinajstić information content (AvgIpc) is 2.60. The van der Waals surface area contributed by atoms with E-state index in [-0.39, 0.29) is 0 Å². The third kappa shape index (κ3) is 1.43. The molecule has 0 spiro atoms. The first-order valence-corrected chi connectivity index (χ1v) is 5.39. The largest absolute Gasteiger partial charge is 0.388 e. The van der Waals surface area contributed by atoms with Crippen molar-refractivity contribution < 1.29 is 5.11 Å². The van der Waals surface area contributed by atoms with E-state index >= 15 is 0 Å². The molecule has 1 fully saturated rings. The molecule has 78 valence electrons. The second-order valence-electron chi connectivity index (χ2n) is 4.44. The molecule has 3 rings (SSSR count). The van der Waals surface area contributed by atoms with Crippen LogP contribution in [0.5, 0.6) is 0 Å². The van der Waals surface area contributed by atoms with Crippen molar-refractivity contribution in [3.63, 3.8) is 0 Å². The monoisotopic (exact) mass is 202 g/mol. The van der Waals surface area contributed by atoms with Crippen molar-refractivity contribution in [1.29, 1.82) is 0 Å². The van der Waals surface area contributed by atoms with E-state index in [1.54, 1.807) is 0 Å². The van der Waals surface area contributed by atoms with E-state index in [9.17, 15) is 5.11 Å². The number of aromatic nitrogens is 2. The molecule has 1 aliphatic carbocycles. The van der Waals surface area contributed by atoms with Crippen LogP contribution in [-0.2, 0) is 6.54 Å². The molecule has 0 amide bonds. The molecule has 0 aliphatic heterocycles. The summed E-state index contributed by atoms with van der Waals surface area (Å²) in [5, 5.41) is 10.1. The van der Waals surface area contributed by atoms with Crippen LogP contribution in [0.3, 0.4) is 0 Å². The standard InChI is InChI=1S/C12H14N2O/c15-12(6-3-7-12)8-14-9-13-10-4-1-2-5-11(10)14/h1-2,4-5,9,15H,3,6-8H2. The molecule has 1 saturated carbocycles. The maximum Gasteiger partial charge on any atom is 0.0959 e. The molecule has 1 aromatic heterocycles. The number of aliphatic hydroxyl groups is 1. The van der Waals surface area contributed by atoms with Crippen LogP contribution < -0.4 is 0 Å². The zero-order valence-electron chi connectivity index (χ0n) is 8.56. The predicted molar refractivity (Wildman–Crippen MR) is 58.5 cm³/mol. The number of imidazole rings is 1. The maximum absolute atomic E-state index is 10.1. The van der Waals surface area contributed by atoms with Gasteiger partial charge in [-0.1, -0.05) is 12.1 Å². The molecule has 0 radical (unpaired) electrons. The van der Waals surface area contributed by atoms with Gasteiger partial charge in [0.15, 0.2) is 0 Å². The van der Waals surface area contributed by atoms with Crippen LogP contribution >= 0.6 is 0 Å². The van der Waals surface area contributed by atoms with Crippen molar-refractivity contribution in [2.45, 2.75) is 31.4 Å². The van der Waals surface area contributed by atoms with Crippen LogP contribution in [-0.4, -0.2) is 20.3 Å². The Kier molecular flexibility index (Phi) is 1.83. The molecule has 0 bridgehead atoms. The lowest BCUT2D eigenvalue weighted by Gasteiger charge is -2.36. The number of hydrogen-bond donors (Lipinski definition) is 1. The van der Waals surface area contributed by atoms with Gasteiger partial charge in [-0.05, 0) is 31.4 Å². The quantitative estimate of drug-likeness (QED) is 0.808. The molecule has 0 unspecified atom stereocenters. The molecular formula is C12H14N2O. The fraction of sp³-hybridized carbons (Fsp3) is 0.417. The summed E-state index contributed by atoms with van der Waals surface area (Å²) >= 11 is 0. The summed E-state index contributed by atoms with van der Waals surface area (Å²) in [5.41, 5.74) is 1.63. The highest BCUT2D eigenvalue weighted by Crippen LogP contribution is 2.33. The number of nitrogens with zero attached hydrogens (tertiary/aromatic N) is 2. The maximum atomic E-state index is 10.1. The van der Waals surface area contributed by atoms with Crippen LogP contribution in [0.4, 0.5) is 0 Å². The van der Waals surface area contributed by atoms with E-state index in [0.29, 0.717) is 6.54 Å². The number of rotatable bonds is 2. The first kappa shape index (κ1) is 8.92. The van der Waals surface area contributed by atoms with Crippen molar-refractivity contribution in [3.8, 4) is 0 Å². The molecule has 1 aromatic carbocycles. The number of para-hydroxylation sites is 2. The van der Waals surface area contributed by atoms with E-state index in [1.165, 1.54) is 0 Å². The van der Waals surface area contributed by atoms with E-state index in [0.717, 1.165) is 30.3 Å². The van der Waals surface area contributed by atoms with Crippen molar-refractivity contribution in [2.24, 2.45) is 0 Å². The molecule has 3 heteroatoms. The van der Waals surface area contributed by atoms with E-state index < -0.39 is 5.60 Å². The highest BCUT2D eigenvalue weighted by molar-refractivity contribution is 5.74. The Hall–Kier alpha value is -1.35. The van der Waals surface area contributed by atoms with Crippen molar-refractivity contribution in [3.05, 3.63) is 30.6 Å². The highest BCUT2D eigenvalue weighted by atomic mass is 16.3. The molecule has 15 heavy (non-hydrogen) atoms. The molecule has 0 atom stereocenters. The normalized spacial score (nSPS) is 19.0. The van der Waals surface area contributed by atoms with Crippen molar-refractivity contribution in [2.75, 3.05) is 0 Å². The Morgan fingerprint density at radius 1 is 1.33 bits per heavy atom.